The topological polar surface area (TPSA) is 32.8 Å². The Labute approximate surface area is 157 Å². The van der Waals surface area contributed by atoms with Gasteiger partial charge in [-0.25, -0.2) is 9.18 Å². The summed E-state index contributed by atoms with van der Waals surface area (Å²) in [5.74, 6) is 0.0158. The first-order valence-electron chi connectivity index (χ1n) is 9.10. The van der Waals surface area contributed by atoms with Crippen LogP contribution in [-0.2, 0) is 11.3 Å². The van der Waals surface area contributed by atoms with E-state index in [0.29, 0.717) is 12.5 Å². The molecule has 1 amide bonds. The van der Waals surface area contributed by atoms with Gasteiger partial charge in [0.1, 0.15) is 11.9 Å². The summed E-state index contributed by atoms with van der Waals surface area (Å²) in [6.07, 6.45) is 1.59. The Morgan fingerprint density at radius 1 is 1.27 bits per heavy atom. The molecule has 1 aromatic heterocycles. The molecule has 3 fully saturated rings. The molecule has 138 valence electrons. The molecule has 3 aliphatic heterocycles. The number of benzene rings is 1. The maximum atomic E-state index is 14.4. The van der Waals surface area contributed by atoms with Crippen LogP contribution < -0.4 is 4.90 Å². The molecular weight excluding hydrogens is 351 g/mol. The second-order valence-electron chi connectivity index (χ2n) is 7.11. The van der Waals surface area contributed by atoms with Crippen LogP contribution in [0.15, 0.2) is 36.4 Å². The van der Waals surface area contributed by atoms with Crippen LogP contribution in [0.1, 0.15) is 22.6 Å². The molecule has 6 heteroatoms. The quantitative estimate of drug-likeness (QED) is 0.793. The smallest absolute Gasteiger partial charge is 0.415 e. The summed E-state index contributed by atoms with van der Waals surface area (Å²) in [7, 11) is 0. The lowest BCUT2D eigenvalue weighted by atomic mass is 9.86. The number of aryl methyl sites for hydroxylation is 1. The van der Waals surface area contributed by atoms with Gasteiger partial charge in [0, 0.05) is 16.3 Å². The molecule has 2 bridgehead atoms. The fourth-order valence-corrected chi connectivity index (χ4v) is 4.76. The van der Waals surface area contributed by atoms with Gasteiger partial charge in [0.2, 0.25) is 0 Å². The van der Waals surface area contributed by atoms with Crippen LogP contribution in [0.3, 0.4) is 0 Å². The number of rotatable bonds is 4. The van der Waals surface area contributed by atoms with E-state index >= 15 is 0 Å². The molecule has 0 N–H and O–H groups in total. The Kier molecular flexibility index (Phi) is 4.96. The third kappa shape index (κ3) is 3.62. The average Bonchev–Trinajstić information content (AvgIpc) is 3.06. The second-order valence-corrected chi connectivity index (χ2v) is 8.48. The van der Waals surface area contributed by atoms with Crippen molar-refractivity contribution in [3.8, 4) is 0 Å². The van der Waals surface area contributed by atoms with Gasteiger partial charge in [0.25, 0.3) is 0 Å². The molecule has 0 saturated carbocycles. The number of para-hydroxylation sites is 1. The van der Waals surface area contributed by atoms with E-state index in [0.717, 1.165) is 37.4 Å². The van der Waals surface area contributed by atoms with Gasteiger partial charge in [-0.05, 0) is 63.0 Å². The van der Waals surface area contributed by atoms with Gasteiger partial charge in [-0.2, -0.15) is 0 Å². The molecule has 1 aromatic carbocycles. The van der Waals surface area contributed by atoms with Crippen LogP contribution in [0.5, 0.6) is 0 Å². The zero-order chi connectivity index (χ0) is 18.1. The van der Waals surface area contributed by atoms with Crippen LogP contribution in [0.25, 0.3) is 0 Å². The fourth-order valence-electron chi connectivity index (χ4n) is 3.88. The Balaban J connectivity index is 1.55. The normalized spacial score (nSPS) is 24.5. The molecule has 3 aliphatic rings. The predicted octanol–water partition coefficient (Wildman–Crippen LogP) is 4.43. The molecule has 0 radical (unpaired) electrons. The van der Waals surface area contributed by atoms with Gasteiger partial charge >= 0.3 is 6.09 Å². The van der Waals surface area contributed by atoms with Gasteiger partial charge in [-0.15, -0.1) is 11.3 Å². The molecule has 4 nitrogen and oxygen atoms in total. The van der Waals surface area contributed by atoms with E-state index in [1.807, 2.05) is 19.1 Å². The average molecular weight is 374 g/mol. The molecule has 3 saturated heterocycles. The largest absolute Gasteiger partial charge is 0.444 e. The zero-order valence-corrected chi connectivity index (χ0v) is 15.7. The van der Waals surface area contributed by atoms with Crippen molar-refractivity contribution in [2.45, 2.75) is 32.4 Å². The van der Waals surface area contributed by atoms with Crippen molar-refractivity contribution in [3.63, 3.8) is 0 Å². The standard InChI is InChI=1S/C20H23FN2O2S/c1-14-6-7-16(26-14)12-23(18-5-3-2-4-17(18)21)20(24)25-19-13-22-10-8-15(19)9-11-22/h2-7,15,19H,8-13H2,1H3/t19-/m0/s1. The molecular formula is C20H23FN2O2S. The number of carbonyl (C=O) groups is 1. The molecule has 0 unspecified atom stereocenters. The van der Waals surface area contributed by atoms with Gasteiger partial charge in [0.05, 0.1) is 12.2 Å². The highest BCUT2D eigenvalue weighted by Gasteiger charge is 2.37. The van der Waals surface area contributed by atoms with Crippen molar-refractivity contribution in [2.24, 2.45) is 5.92 Å². The van der Waals surface area contributed by atoms with Gasteiger partial charge < -0.3 is 4.74 Å². The number of fused-ring (bicyclic) bond motifs is 3. The van der Waals surface area contributed by atoms with Crippen LogP contribution in [0.4, 0.5) is 14.9 Å². The van der Waals surface area contributed by atoms with E-state index in [4.69, 9.17) is 4.74 Å². The monoisotopic (exact) mass is 374 g/mol. The lowest BCUT2D eigenvalue weighted by molar-refractivity contribution is -0.0311. The van der Waals surface area contributed by atoms with E-state index in [2.05, 4.69) is 4.90 Å². The molecule has 26 heavy (non-hydrogen) atoms. The fraction of sp³-hybridized carbons (Fsp3) is 0.450. The minimum atomic E-state index is -0.458. The number of thiophene rings is 1. The van der Waals surface area contributed by atoms with Gasteiger partial charge in [-0.3, -0.25) is 9.80 Å². The first-order valence-corrected chi connectivity index (χ1v) is 9.92. The summed E-state index contributed by atoms with van der Waals surface area (Å²) in [5, 5.41) is 0. The van der Waals surface area contributed by atoms with Crippen molar-refractivity contribution in [1.82, 2.24) is 4.90 Å². The van der Waals surface area contributed by atoms with Crippen LogP contribution in [0, 0.1) is 18.7 Å². The third-order valence-corrected chi connectivity index (χ3v) is 6.31. The first-order chi connectivity index (χ1) is 12.6. The van der Waals surface area contributed by atoms with E-state index in [-0.39, 0.29) is 11.8 Å². The summed E-state index contributed by atoms with van der Waals surface area (Å²) in [6, 6.07) is 10.4. The molecule has 0 spiro atoms. The molecule has 4 heterocycles. The van der Waals surface area contributed by atoms with Crippen LogP contribution in [0.2, 0.25) is 0 Å². The summed E-state index contributed by atoms with van der Waals surface area (Å²) in [4.78, 5) is 18.9. The van der Waals surface area contributed by atoms with Gasteiger partial charge in [0.15, 0.2) is 0 Å². The third-order valence-electron chi connectivity index (χ3n) is 5.32. The lowest BCUT2D eigenvalue weighted by Crippen LogP contribution is -2.53. The second kappa shape index (κ2) is 7.37. The molecule has 2 aromatic rings. The highest BCUT2D eigenvalue weighted by atomic mass is 32.1. The number of piperidine rings is 3. The van der Waals surface area contributed by atoms with Crippen molar-refractivity contribution < 1.29 is 13.9 Å². The number of hydrogen-bond acceptors (Lipinski definition) is 4. The zero-order valence-electron chi connectivity index (χ0n) is 14.9. The molecule has 5 rings (SSSR count). The predicted molar refractivity (Wildman–Crippen MR) is 101 cm³/mol. The Morgan fingerprint density at radius 2 is 2.04 bits per heavy atom. The van der Waals surface area contributed by atoms with Crippen molar-refractivity contribution in [2.75, 3.05) is 24.5 Å². The summed E-state index contributed by atoms with van der Waals surface area (Å²) < 4.78 is 20.2. The molecule has 1 atom stereocenters. The van der Waals surface area contributed by atoms with Crippen molar-refractivity contribution >= 4 is 23.1 Å². The number of anilines is 1. The minimum Gasteiger partial charge on any atom is -0.444 e. The van der Waals surface area contributed by atoms with Crippen LogP contribution in [-0.4, -0.2) is 36.7 Å². The Hall–Kier alpha value is -1.92. The van der Waals surface area contributed by atoms with E-state index < -0.39 is 11.9 Å². The molecule has 0 aliphatic carbocycles. The highest BCUT2D eigenvalue weighted by Crippen LogP contribution is 2.31. The maximum absolute atomic E-state index is 14.4. The number of amides is 1. The number of nitrogens with zero attached hydrogens (tertiary/aromatic N) is 2. The van der Waals surface area contributed by atoms with Gasteiger partial charge in [-0.1, -0.05) is 12.1 Å². The number of ether oxygens (including phenoxy) is 1. The Morgan fingerprint density at radius 3 is 2.65 bits per heavy atom. The lowest BCUT2D eigenvalue weighted by Gasteiger charge is -2.44. The summed E-state index contributed by atoms with van der Waals surface area (Å²) >= 11 is 1.61. The maximum Gasteiger partial charge on any atom is 0.415 e. The summed E-state index contributed by atoms with van der Waals surface area (Å²) in [6.45, 7) is 5.31. The van der Waals surface area contributed by atoms with Crippen molar-refractivity contribution in [1.29, 1.82) is 0 Å². The Bertz CT molecular complexity index is 786. The number of carbonyl (C=O) groups excluding carboxylic acids is 1. The summed E-state index contributed by atoms with van der Waals surface area (Å²) in [5.41, 5.74) is 0.268. The highest BCUT2D eigenvalue weighted by molar-refractivity contribution is 7.11. The minimum absolute atomic E-state index is 0.0932. The van der Waals surface area contributed by atoms with E-state index in [1.54, 1.807) is 29.5 Å². The van der Waals surface area contributed by atoms with E-state index in [1.165, 1.54) is 15.8 Å². The first kappa shape index (κ1) is 17.5. The number of halogens is 1. The number of hydrogen-bond donors (Lipinski definition) is 0. The van der Waals surface area contributed by atoms with Crippen LogP contribution >= 0.6 is 11.3 Å². The van der Waals surface area contributed by atoms with E-state index in [9.17, 15) is 9.18 Å². The SMILES string of the molecule is Cc1ccc(CN(C(=O)O[C@H]2CN3CCC2CC3)c2ccccc2F)s1. The van der Waals surface area contributed by atoms with Crippen molar-refractivity contribution in [3.05, 3.63) is 52.0 Å².